The average Bonchev–Trinajstić information content (AvgIpc) is 2.33. The van der Waals surface area contributed by atoms with Gasteiger partial charge in [0.15, 0.2) is 5.52 Å². The smallest absolute Gasteiger partial charge is 0.294 e. The molecule has 0 fully saturated rings. The lowest BCUT2D eigenvalue weighted by atomic mass is 10.6. The van der Waals surface area contributed by atoms with Crippen LogP contribution in [-0.2, 0) is 0 Å². The van der Waals surface area contributed by atoms with Gasteiger partial charge in [-0.05, 0) is 4.98 Å². The third kappa shape index (κ3) is 0.995. The van der Waals surface area contributed by atoms with Crippen molar-refractivity contribution in [2.45, 2.75) is 0 Å². The summed E-state index contributed by atoms with van der Waals surface area (Å²) in [6, 6.07) is 0. The zero-order chi connectivity index (χ0) is 6.10. The van der Waals surface area contributed by atoms with Crippen LogP contribution in [0.1, 0.15) is 0 Å². The van der Waals surface area contributed by atoms with Gasteiger partial charge in [0, 0.05) is 0 Å². The Balaban J connectivity index is 0.000000500. The average molecular weight is 201 g/mol. The minimum atomic E-state index is 0. The molecule has 0 atom stereocenters. The minimum Gasteiger partial charge on any atom is -1.00 e. The van der Waals surface area contributed by atoms with Gasteiger partial charge in [0.05, 0.1) is 6.33 Å². The number of aromatic nitrogens is 4. The van der Waals surface area contributed by atoms with Crippen LogP contribution in [0.15, 0.2) is 18.9 Å². The molecular weight excluding hydrogens is 196 g/mol. The van der Waals surface area contributed by atoms with Crippen LogP contribution in [0.2, 0.25) is 0 Å². The second-order valence-corrected chi connectivity index (χ2v) is 1.71. The summed E-state index contributed by atoms with van der Waals surface area (Å²) in [4.78, 5) is 13.6. The first kappa shape index (κ1) is 7.14. The van der Waals surface area contributed by atoms with Gasteiger partial charge in [-0.3, -0.25) is 0 Å². The molecule has 0 saturated heterocycles. The summed E-state index contributed by atoms with van der Waals surface area (Å²) in [5.41, 5.74) is 1.67. The molecule has 0 bridgehead atoms. The van der Waals surface area contributed by atoms with E-state index in [0.29, 0.717) is 0 Å². The Labute approximate surface area is 67.5 Å². The van der Waals surface area contributed by atoms with Gasteiger partial charge in [-0.15, -0.1) is 0 Å². The first-order valence-corrected chi connectivity index (χ1v) is 2.62. The fourth-order valence-corrected chi connectivity index (χ4v) is 0.725. The van der Waals surface area contributed by atoms with Gasteiger partial charge < -0.3 is 22.0 Å². The van der Waals surface area contributed by atoms with E-state index in [1.807, 2.05) is 6.20 Å². The lowest BCUT2D eigenvalue weighted by molar-refractivity contribution is -0.380. The lowest BCUT2D eigenvalue weighted by Gasteiger charge is -1.72. The maximum absolute atomic E-state index is 3.94. The molecule has 0 aliphatic heterocycles. The predicted molar refractivity (Wildman–Crippen MR) is 30.4 cm³/mol. The molecule has 0 spiro atoms. The molecule has 52 valence electrons. The van der Waals surface area contributed by atoms with Crippen molar-refractivity contribution < 1.29 is 22.0 Å². The highest BCUT2D eigenvalue weighted by molar-refractivity contribution is 5.66. The van der Waals surface area contributed by atoms with E-state index < -0.39 is 0 Å². The van der Waals surface area contributed by atoms with Crippen molar-refractivity contribution in [1.82, 2.24) is 15.0 Å². The number of nitrogens with zero attached hydrogens (tertiary/aromatic N) is 2. The van der Waals surface area contributed by atoms with Crippen LogP contribution in [0.25, 0.3) is 11.2 Å². The van der Waals surface area contributed by atoms with E-state index in [1.54, 1.807) is 12.7 Å². The normalized spacial score (nSPS) is 9.20. The molecule has 2 N–H and O–H groups in total. The van der Waals surface area contributed by atoms with Gasteiger partial charge in [-0.25, -0.2) is 4.98 Å². The number of hydrogen-bond donors (Lipinski definition) is 1. The summed E-state index contributed by atoms with van der Waals surface area (Å²) in [5.74, 6) is 0. The maximum atomic E-state index is 3.94. The fraction of sp³-hybridized carbons (Fsp3) is 0. The number of aromatic amines is 2. The number of H-pyrrole nitrogens is 2. The molecule has 10 heavy (non-hydrogen) atoms. The first-order chi connectivity index (χ1) is 4.47. The van der Waals surface area contributed by atoms with Gasteiger partial charge in [-0.1, -0.05) is 0 Å². The summed E-state index contributed by atoms with van der Waals surface area (Å²) < 4.78 is 0. The van der Waals surface area contributed by atoms with Crippen LogP contribution in [0.5, 0.6) is 0 Å². The highest BCUT2D eigenvalue weighted by atomic mass is 79.9. The topological polar surface area (TPSA) is 55.7 Å². The number of fused-ring (bicyclic) bond motifs is 1. The lowest BCUT2D eigenvalue weighted by Crippen LogP contribution is -3.00. The summed E-state index contributed by atoms with van der Waals surface area (Å²) in [6.45, 7) is 0. The molecular formula is C5H5BrN4. The molecule has 2 aromatic heterocycles. The minimum absolute atomic E-state index is 0. The van der Waals surface area contributed by atoms with Gasteiger partial charge in [0.1, 0.15) is 6.20 Å². The van der Waals surface area contributed by atoms with Gasteiger partial charge in [0.25, 0.3) is 12.0 Å². The predicted octanol–water partition coefficient (Wildman–Crippen LogP) is -3.22. The SMILES string of the molecule is [Br-].c1nc2nc[nH+]cc2[nH]1. The van der Waals surface area contributed by atoms with Crippen molar-refractivity contribution in [3.63, 3.8) is 0 Å². The molecule has 2 heterocycles. The van der Waals surface area contributed by atoms with Crippen LogP contribution in [0.4, 0.5) is 0 Å². The molecule has 0 aliphatic carbocycles. The van der Waals surface area contributed by atoms with E-state index in [9.17, 15) is 0 Å². The van der Waals surface area contributed by atoms with E-state index in [1.165, 1.54) is 0 Å². The van der Waals surface area contributed by atoms with Crippen LogP contribution >= 0.6 is 0 Å². The molecule has 0 aliphatic rings. The number of imidazole rings is 1. The molecule has 0 unspecified atom stereocenters. The van der Waals surface area contributed by atoms with Crippen molar-refractivity contribution in [2.75, 3.05) is 0 Å². The zero-order valence-electron chi connectivity index (χ0n) is 5.00. The number of nitrogens with one attached hydrogen (secondary N) is 2. The quantitative estimate of drug-likeness (QED) is 0.487. The standard InChI is InChI=1S/C5H4N4.BrH/c1-4-5(8-2-6-1)9-3-7-4;/h1-3H,(H,6,7,8,9);1H. The summed E-state index contributed by atoms with van der Waals surface area (Å²) >= 11 is 0. The van der Waals surface area contributed by atoms with Gasteiger partial charge >= 0.3 is 0 Å². The molecule has 2 aromatic rings. The molecule has 0 saturated carbocycles. The third-order valence-electron chi connectivity index (χ3n) is 1.14. The largest absolute Gasteiger partial charge is 1.00 e. The Bertz CT molecular complexity index is 288. The Hall–Kier alpha value is -0.970. The summed E-state index contributed by atoms with van der Waals surface area (Å²) in [7, 11) is 0. The highest BCUT2D eigenvalue weighted by Crippen LogP contribution is 1.97. The van der Waals surface area contributed by atoms with Gasteiger partial charge in [0.2, 0.25) is 0 Å². The summed E-state index contributed by atoms with van der Waals surface area (Å²) in [6.07, 6.45) is 5.03. The number of hydrogen-bond acceptors (Lipinski definition) is 2. The highest BCUT2D eigenvalue weighted by Gasteiger charge is 1.98. The van der Waals surface area contributed by atoms with Crippen molar-refractivity contribution in [1.29, 1.82) is 0 Å². The van der Waals surface area contributed by atoms with E-state index in [2.05, 4.69) is 19.9 Å². The van der Waals surface area contributed by atoms with E-state index in [4.69, 9.17) is 0 Å². The maximum Gasteiger partial charge on any atom is 0.294 e. The van der Waals surface area contributed by atoms with Crippen LogP contribution in [0, 0.1) is 0 Å². The third-order valence-corrected chi connectivity index (χ3v) is 1.14. The van der Waals surface area contributed by atoms with Crippen LogP contribution in [0.3, 0.4) is 0 Å². The Morgan fingerprint density at radius 3 is 3.10 bits per heavy atom. The zero-order valence-corrected chi connectivity index (χ0v) is 6.59. The molecule has 2 rings (SSSR count). The molecule has 0 radical (unpaired) electrons. The second kappa shape index (κ2) is 2.74. The first-order valence-electron chi connectivity index (χ1n) is 2.62. The van der Waals surface area contributed by atoms with Gasteiger partial charge in [-0.2, -0.15) is 4.98 Å². The molecule has 0 amide bonds. The van der Waals surface area contributed by atoms with Crippen molar-refractivity contribution in [3.05, 3.63) is 18.9 Å². The Kier molecular flexibility index (Phi) is 1.96. The van der Waals surface area contributed by atoms with E-state index in [0.717, 1.165) is 11.2 Å². The van der Waals surface area contributed by atoms with Crippen LogP contribution < -0.4 is 22.0 Å². The second-order valence-electron chi connectivity index (χ2n) is 1.71. The van der Waals surface area contributed by atoms with Crippen molar-refractivity contribution in [2.24, 2.45) is 0 Å². The fourth-order valence-electron chi connectivity index (χ4n) is 0.725. The van der Waals surface area contributed by atoms with E-state index >= 15 is 0 Å². The van der Waals surface area contributed by atoms with Crippen molar-refractivity contribution >= 4 is 11.2 Å². The molecule has 4 nitrogen and oxygen atoms in total. The van der Waals surface area contributed by atoms with Crippen LogP contribution in [-0.4, -0.2) is 15.0 Å². The Morgan fingerprint density at radius 2 is 2.30 bits per heavy atom. The Morgan fingerprint density at radius 1 is 1.40 bits per heavy atom. The summed E-state index contributed by atoms with van der Waals surface area (Å²) in [5, 5.41) is 0. The number of rotatable bonds is 0. The monoisotopic (exact) mass is 200 g/mol. The van der Waals surface area contributed by atoms with E-state index in [-0.39, 0.29) is 17.0 Å². The van der Waals surface area contributed by atoms with Crippen molar-refractivity contribution in [3.8, 4) is 0 Å². The number of halogens is 1. The molecule has 5 heteroatoms. The molecule has 0 aromatic carbocycles.